The second-order valence-electron chi connectivity index (χ2n) is 8.68. The fraction of sp³-hybridized carbons (Fsp3) is 0.500. The molecule has 0 saturated carbocycles. The van der Waals surface area contributed by atoms with Crippen LogP contribution in [0.2, 0.25) is 10.0 Å². The second-order valence-corrected chi connectivity index (χ2v) is 10.4. The van der Waals surface area contributed by atoms with E-state index in [1.807, 2.05) is 13.8 Å². The number of benzene rings is 1. The van der Waals surface area contributed by atoms with E-state index in [-0.39, 0.29) is 41.8 Å². The molecule has 9 nitrogen and oxygen atoms in total. The number of carbonyl (C=O) groups excluding carboxylic acids is 3. The molecule has 0 radical (unpaired) electrons. The van der Waals surface area contributed by atoms with E-state index < -0.39 is 0 Å². The SMILES string of the molecule is CC(C)N(CC(=O)Nc1nc(CC(=O)NCCCN2CCOCC2)cs1)C(=O)c1ccc(Cl)c(Cl)c1. The summed E-state index contributed by atoms with van der Waals surface area (Å²) in [6.07, 6.45) is 1.01. The fourth-order valence-corrected chi connectivity index (χ4v) is 4.65. The molecule has 0 aliphatic carbocycles. The third-order valence-electron chi connectivity index (χ3n) is 5.58. The maximum Gasteiger partial charge on any atom is 0.254 e. The number of hydrogen-bond acceptors (Lipinski definition) is 7. The van der Waals surface area contributed by atoms with Crippen LogP contribution in [0.4, 0.5) is 5.13 Å². The molecule has 2 heterocycles. The van der Waals surface area contributed by atoms with Gasteiger partial charge >= 0.3 is 0 Å². The van der Waals surface area contributed by atoms with Crippen molar-refractivity contribution < 1.29 is 19.1 Å². The van der Waals surface area contributed by atoms with E-state index in [2.05, 4.69) is 20.5 Å². The number of thiazole rings is 1. The lowest BCUT2D eigenvalue weighted by Crippen LogP contribution is -2.42. The first-order chi connectivity index (χ1) is 17.2. The van der Waals surface area contributed by atoms with Crippen LogP contribution in [-0.4, -0.2) is 84.5 Å². The van der Waals surface area contributed by atoms with Crippen molar-refractivity contribution in [3.63, 3.8) is 0 Å². The minimum Gasteiger partial charge on any atom is -0.379 e. The Labute approximate surface area is 225 Å². The lowest BCUT2D eigenvalue weighted by molar-refractivity contribution is -0.120. The summed E-state index contributed by atoms with van der Waals surface area (Å²) >= 11 is 13.2. The molecule has 0 atom stereocenters. The molecule has 0 bridgehead atoms. The molecule has 1 aliphatic rings. The molecule has 1 aliphatic heterocycles. The number of morpholine rings is 1. The van der Waals surface area contributed by atoms with E-state index in [4.69, 9.17) is 27.9 Å². The standard InChI is InChI=1S/C24H31Cl2N5O4S/c1-16(2)31(23(34)17-4-5-19(25)20(26)12-17)14-22(33)29-24-28-18(15-36-24)13-21(32)27-6-3-7-30-8-10-35-11-9-30/h4-5,12,15-16H,3,6-11,13-14H2,1-2H3,(H,27,32)(H,28,29,33). The van der Waals surface area contributed by atoms with Crippen LogP contribution < -0.4 is 10.6 Å². The van der Waals surface area contributed by atoms with E-state index in [0.29, 0.717) is 28.0 Å². The van der Waals surface area contributed by atoms with E-state index in [9.17, 15) is 14.4 Å². The van der Waals surface area contributed by atoms with Gasteiger partial charge in [-0.3, -0.25) is 19.3 Å². The third kappa shape index (κ3) is 8.70. The summed E-state index contributed by atoms with van der Waals surface area (Å²) in [6.45, 7) is 8.40. The minimum absolute atomic E-state index is 0.113. The Morgan fingerprint density at radius 2 is 1.92 bits per heavy atom. The highest BCUT2D eigenvalue weighted by Gasteiger charge is 2.23. The molecule has 2 N–H and O–H groups in total. The van der Waals surface area contributed by atoms with Crippen molar-refractivity contribution in [2.45, 2.75) is 32.7 Å². The van der Waals surface area contributed by atoms with Crippen LogP contribution in [0.3, 0.4) is 0 Å². The minimum atomic E-state index is -0.384. The molecule has 1 fully saturated rings. The molecular formula is C24H31Cl2N5O4S. The van der Waals surface area contributed by atoms with Gasteiger partial charge < -0.3 is 20.3 Å². The zero-order valence-electron chi connectivity index (χ0n) is 20.4. The summed E-state index contributed by atoms with van der Waals surface area (Å²) in [7, 11) is 0. The van der Waals surface area contributed by atoms with Gasteiger partial charge in [0.25, 0.3) is 5.91 Å². The van der Waals surface area contributed by atoms with Gasteiger partial charge in [0.05, 0.1) is 35.4 Å². The third-order valence-corrected chi connectivity index (χ3v) is 7.13. The Hall–Kier alpha value is -2.24. The van der Waals surface area contributed by atoms with Crippen molar-refractivity contribution >= 4 is 57.4 Å². The van der Waals surface area contributed by atoms with Crippen LogP contribution in [0.25, 0.3) is 0 Å². The Morgan fingerprint density at radius 1 is 1.17 bits per heavy atom. The number of hydrogen-bond donors (Lipinski definition) is 2. The maximum absolute atomic E-state index is 12.9. The smallest absolute Gasteiger partial charge is 0.254 e. The number of aromatic nitrogens is 1. The number of rotatable bonds is 11. The van der Waals surface area contributed by atoms with Crippen molar-refractivity contribution in [1.29, 1.82) is 0 Å². The summed E-state index contributed by atoms with van der Waals surface area (Å²) in [5, 5.41) is 8.37. The van der Waals surface area contributed by atoms with Crippen LogP contribution in [0.5, 0.6) is 0 Å². The van der Waals surface area contributed by atoms with Crippen LogP contribution in [0.15, 0.2) is 23.6 Å². The molecule has 0 unspecified atom stereocenters. The largest absolute Gasteiger partial charge is 0.379 e. The normalized spacial score (nSPS) is 14.0. The van der Waals surface area contributed by atoms with Gasteiger partial charge in [-0.05, 0) is 45.0 Å². The molecule has 12 heteroatoms. The number of nitrogens with one attached hydrogen (secondary N) is 2. The average Bonchev–Trinajstić information content (AvgIpc) is 3.28. The highest BCUT2D eigenvalue weighted by Crippen LogP contribution is 2.24. The topological polar surface area (TPSA) is 104 Å². The predicted octanol–water partition coefficient (Wildman–Crippen LogP) is 3.32. The molecule has 196 valence electrons. The molecule has 2 aromatic rings. The molecule has 1 aromatic heterocycles. The van der Waals surface area contributed by atoms with Crippen molar-refractivity contribution in [2.75, 3.05) is 51.3 Å². The maximum atomic E-state index is 12.9. The van der Waals surface area contributed by atoms with E-state index in [1.165, 1.54) is 22.3 Å². The highest BCUT2D eigenvalue weighted by molar-refractivity contribution is 7.13. The van der Waals surface area contributed by atoms with E-state index in [1.54, 1.807) is 17.5 Å². The summed E-state index contributed by atoms with van der Waals surface area (Å²) in [5.74, 6) is -0.826. The van der Waals surface area contributed by atoms with Crippen LogP contribution in [0.1, 0.15) is 36.3 Å². The van der Waals surface area contributed by atoms with Gasteiger partial charge in [0.15, 0.2) is 5.13 Å². The van der Waals surface area contributed by atoms with Crippen molar-refractivity contribution in [2.24, 2.45) is 0 Å². The molecule has 36 heavy (non-hydrogen) atoms. The predicted molar refractivity (Wildman–Crippen MR) is 142 cm³/mol. The molecular weight excluding hydrogens is 525 g/mol. The number of halogens is 2. The van der Waals surface area contributed by atoms with Gasteiger partial charge in [0.2, 0.25) is 11.8 Å². The Balaban J connectivity index is 1.45. The van der Waals surface area contributed by atoms with Crippen LogP contribution >= 0.6 is 34.5 Å². The lowest BCUT2D eigenvalue weighted by atomic mass is 10.1. The monoisotopic (exact) mass is 555 g/mol. The second kappa shape index (κ2) is 13.9. The summed E-state index contributed by atoms with van der Waals surface area (Å²) < 4.78 is 5.33. The molecule has 0 spiro atoms. The Morgan fingerprint density at radius 3 is 2.61 bits per heavy atom. The molecule has 1 saturated heterocycles. The number of amides is 3. The molecule has 3 amide bonds. The first-order valence-corrected chi connectivity index (χ1v) is 13.4. The summed E-state index contributed by atoms with van der Waals surface area (Å²) in [4.78, 5) is 45.9. The van der Waals surface area contributed by atoms with Crippen molar-refractivity contribution in [3.05, 3.63) is 44.9 Å². The highest BCUT2D eigenvalue weighted by atomic mass is 35.5. The average molecular weight is 557 g/mol. The van der Waals surface area contributed by atoms with Gasteiger partial charge in [0.1, 0.15) is 6.54 Å². The number of carbonyl (C=O) groups is 3. The number of nitrogens with zero attached hydrogens (tertiary/aromatic N) is 3. The fourth-order valence-electron chi connectivity index (χ4n) is 3.63. The summed E-state index contributed by atoms with van der Waals surface area (Å²) in [5.41, 5.74) is 0.923. The Kier molecular flexibility index (Phi) is 10.9. The van der Waals surface area contributed by atoms with Gasteiger partial charge in [-0.25, -0.2) is 4.98 Å². The van der Waals surface area contributed by atoms with Crippen LogP contribution in [-0.2, 0) is 20.7 Å². The first kappa shape index (κ1) is 28.3. The van der Waals surface area contributed by atoms with Gasteiger partial charge in [0, 0.05) is 36.6 Å². The van der Waals surface area contributed by atoms with Gasteiger partial charge in [-0.1, -0.05) is 23.2 Å². The van der Waals surface area contributed by atoms with Gasteiger partial charge in [-0.2, -0.15) is 0 Å². The Bertz CT molecular complexity index is 1060. The van der Waals surface area contributed by atoms with Crippen LogP contribution in [0, 0.1) is 0 Å². The molecule has 1 aromatic carbocycles. The zero-order chi connectivity index (χ0) is 26.1. The first-order valence-electron chi connectivity index (χ1n) is 11.8. The van der Waals surface area contributed by atoms with E-state index in [0.717, 1.165) is 39.3 Å². The number of anilines is 1. The van der Waals surface area contributed by atoms with Crippen molar-refractivity contribution in [1.82, 2.24) is 20.1 Å². The molecule has 3 rings (SSSR count). The van der Waals surface area contributed by atoms with Gasteiger partial charge in [-0.15, -0.1) is 11.3 Å². The lowest BCUT2D eigenvalue weighted by Gasteiger charge is -2.26. The summed E-state index contributed by atoms with van der Waals surface area (Å²) in [6, 6.07) is 4.38. The van der Waals surface area contributed by atoms with Crippen molar-refractivity contribution in [3.8, 4) is 0 Å². The van der Waals surface area contributed by atoms with E-state index >= 15 is 0 Å². The zero-order valence-corrected chi connectivity index (χ0v) is 22.7. The quantitative estimate of drug-likeness (QED) is 0.412. The number of ether oxygens (including phenoxy) is 1.